The van der Waals surface area contributed by atoms with Crippen LogP contribution in [0, 0.1) is 12.7 Å². The molecule has 0 atom stereocenters. The van der Waals surface area contributed by atoms with Gasteiger partial charge in [-0.1, -0.05) is 18.2 Å². The number of aromatic nitrogens is 8. The number of amides is 2. The number of halogens is 7. The van der Waals surface area contributed by atoms with Crippen molar-refractivity contribution in [2.45, 2.75) is 32.4 Å². The summed E-state index contributed by atoms with van der Waals surface area (Å²) in [6.07, 6.45) is -6.96. The average molecular weight is 757 g/mol. The summed E-state index contributed by atoms with van der Waals surface area (Å²) in [5, 5.41) is 17.0. The lowest BCUT2D eigenvalue weighted by Crippen LogP contribution is -2.26. The first kappa shape index (κ1) is 38.8. The van der Waals surface area contributed by atoms with Gasteiger partial charge in [-0.2, -0.15) is 41.6 Å². The Bertz CT molecular complexity index is 2280. The minimum Gasteiger partial charge on any atom is -0.346 e. The molecule has 6 rings (SSSR count). The van der Waals surface area contributed by atoms with Crippen LogP contribution in [0.1, 0.15) is 49.3 Å². The van der Waals surface area contributed by atoms with E-state index in [0.717, 1.165) is 23.1 Å². The molecular weight excluding hydrogens is 725 g/mol. The van der Waals surface area contributed by atoms with Crippen molar-refractivity contribution >= 4 is 11.8 Å². The van der Waals surface area contributed by atoms with Crippen molar-refractivity contribution in [2.24, 2.45) is 21.1 Å². The van der Waals surface area contributed by atoms with Gasteiger partial charge in [0.05, 0.1) is 42.1 Å². The second kappa shape index (κ2) is 15.7. The summed E-state index contributed by atoms with van der Waals surface area (Å²) in [7, 11) is 4.53. The highest BCUT2D eigenvalue weighted by molar-refractivity contribution is 5.94. The molecule has 0 unspecified atom stereocenters. The number of nitrogens with one attached hydrogen (secondary N) is 2. The van der Waals surface area contributed by atoms with E-state index in [2.05, 4.69) is 35.9 Å². The zero-order valence-electron chi connectivity index (χ0n) is 29.0. The number of carbonyl (C=O) groups is 2. The monoisotopic (exact) mass is 756 g/mol. The van der Waals surface area contributed by atoms with Gasteiger partial charge >= 0.3 is 12.4 Å². The molecule has 1 aromatic carbocycles. The molecule has 2 amide bonds. The molecule has 0 aliphatic rings. The Balaban J connectivity index is 0.000000208. The van der Waals surface area contributed by atoms with Gasteiger partial charge in [-0.25, -0.2) is 4.39 Å². The number of pyridine rings is 2. The molecule has 0 bridgehead atoms. The first-order valence-electron chi connectivity index (χ1n) is 15.9. The topological polar surface area (TPSA) is 137 Å². The van der Waals surface area contributed by atoms with Crippen molar-refractivity contribution in [1.29, 1.82) is 0 Å². The zero-order chi connectivity index (χ0) is 39.4. The normalized spacial score (nSPS) is 11.5. The van der Waals surface area contributed by atoms with Crippen molar-refractivity contribution in [2.75, 3.05) is 0 Å². The number of hydrogen-bond donors (Lipinski definition) is 2. The maximum Gasteiger partial charge on any atom is 0.435 e. The van der Waals surface area contributed by atoms with Crippen LogP contribution in [-0.4, -0.2) is 51.1 Å². The summed E-state index contributed by atoms with van der Waals surface area (Å²) < 4.78 is 94.4. The third-order valence-corrected chi connectivity index (χ3v) is 7.87. The van der Waals surface area contributed by atoms with E-state index in [-0.39, 0.29) is 30.3 Å². The predicted molar refractivity (Wildman–Crippen MR) is 180 cm³/mol. The van der Waals surface area contributed by atoms with Gasteiger partial charge in [0, 0.05) is 55.8 Å². The molecule has 0 aliphatic carbocycles. The molecule has 5 aromatic heterocycles. The van der Waals surface area contributed by atoms with E-state index in [1.165, 1.54) is 22.5 Å². The number of hydrogen-bond acceptors (Lipinski definition) is 7. The summed E-state index contributed by atoms with van der Waals surface area (Å²) in [5.74, 6) is -1.50. The molecule has 12 nitrogen and oxygen atoms in total. The molecular formula is C35H31F7N10O2. The fourth-order valence-electron chi connectivity index (χ4n) is 5.04. The van der Waals surface area contributed by atoms with Gasteiger partial charge in [-0.3, -0.25) is 33.6 Å². The van der Waals surface area contributed by atoms with E-state index in [9.17, 15) is 40.3 Å². The van der Waals surface area contributed by atoms with Crippen molar-refractivity contribution in [3.05, 3.63) is 125 Å². The standard InChI is InChI=1S/C18H15F3N4O.C17H16F4N6O/c1-25-14(11-23-17(26)12-5-3-2-4-6-12)10-15(24-25)13-7-8-22-16(9-13)18(19,20)21;1-9-4-11(12(18)8-22-9)13-5-10(26(2)24-13)7-23-16(28)14-6-15(17(19,20)21)25-27(14)3/h2-10H,11H2,1H3,(H,23,26);4-6,8H,7H2,1-3H3,(H,23,28). The largest absolute Gasteiger partial charge is 0.435 e. The van der Waals surface area contributed by atoms with Crippen LogP contribution in [-0.2, 0) is 46.6 Å². The van der Waals surface area contributed by atoms with Crippen LogP contribution in [0.4, 0.5) is 30.7 Å². The van der Waals surface area contributed by atoms with Crippen molar-refractivity contribution in [3.8, 4) is 22.5 Å². The molecule has 19 heteroatoms. The van der Waals surface area contributed by atoms with Crippen LogP contribution in [0.15, 0.2) is 79.1 Å². The summed E-state index contributed by atoms with van der Waals surface area (Å²) in [4.78, 5) is 31.5. The fourth-order valence-corrected chi connectivity index (χ4v) is 5.04. The van der Waals surface area contributed by atoms with Crippen molar-refractivity contribution < 1.29 is 40.3 Å². The van der Waals surface area contributed by atoms with Gasteiger partial charge in [0.15, 0.2) is 11.5 Å². The van der Waals surface area contributed by atoms with Crippen LogP contribution < -0.4 is 10.6 Å². The van der Waals surface area contributed by atoms with Crippen LogP contribution in [0.5, 0.6) is 0 Å². The molecule has 6 aromatic rings. The van der Waals surface area contributed by atoms with E-state index in [0.29, 0.717) is 45.7 Å². The third kappa shape index (κ3) is 9.33. The molecule has 2 N–H and O–H groups in total. The highest BCUT2D eigenvalue weighted by Gasteiger charge is 2.35. The number of carbonyl (C=O) groups excluding carboxylic acids is 2. The Morgan fingerprint density at radius 3 is 1.89 bits per heavy atom. The Labute approximate surface area is 302 Å². The molecule has 0 saturated carbocycles. The van der Waals surface area contributed by atoms with E-state index in [1.807, 2.05) is 6.07 Å². The minimum atomic E-state index is -4.64. The maximum atomic E-state index is 14.0. The summed E-state index contributed by atoms with van der Waals surface area (Å²) >= 11 is 0. The first-order chi connectivity index (χ1) is 25.4. The fraction of sp³-hybridized carbons (Fsp3) is 0.229. The predicted octanol–water partition coefficient (Wildman–Crippen LogP) is 6.04. The van der Waals surface area contributed by atoms with Gasteiger partial charge in [-0.15, -0.1) is 0 Å². The molecule has 0 spiro atoms. The lowest BCUT2D eigenvalue weighted by atomic mass is 10.1. The average Bonchev–Trinajstić information content (AvgIpc) is 3.83. The van der Waals surface area contributed by atoms with Crippen LogP contribution in [0.3, 0.4) is 0 Å². The highest BCUT2D eigenvalue weighted by atomic mass is 19.4. The van der Waals surface area contributed by atoms with Gasteiger partial charge in [0.25, 0.3) is 11.8 Å². The third-order valence-electron chi connectivity index (χ3n) is 7.87. The second-order valence-electron chi connectivity index (χ2n) is 11.8. The Hall–Kier alpha value is -6.40. The van der Waals surface area contributed by atoms with E-state index < -0.39 is 35.5 Å². The summed E-state index contributed by atoms with van der Waals surface area (Å²) in [6, 6.07) is 16.6. The Kier molecular flexibility index (Phi) is 11.3. The lowest BCUT2D eigenvalue weighted by Gasteiger charge is -2.06. The van der Waals surface area contributed by atoms with Crippen LogP contribution >= 0.6 is 0 Å². The molecule has 54 heavy (non-hydrogen) atoms. The molecule has 0 fully saturated rings. The molecule has 5 heterocycles. The highest BCUT2D eigenvalue weighted by Crippen LogP contribution is 2.31. The zero-order valence-corrected chi connectivity index (χ0v) is 29.0. The van der Waals surface area contributed by atoms with Crippen LogP contribution in [0.25, 0.3) is 22.5 Å². The van der Waals surface area contributed by atoms with Gasteiger partial charge in [-0.05, 0) is 49.4 Å². The number of aryl methyl sites for hydroxylation is 4. The first-order valence-corrected chi connectivity index (χ1v) is 15.9. The quantitative estimate of drug-likeness (QED) is 0.181. The van der Waals surface area contributed by atoms with E-state index in [1.54, 1.807) is 63.5 Å². The Morgan fingerprint density at radius 2 is 1.28 bits per heavy atom. The molecule has 282 valence electrons. The second-order valence-corrected chi connectivity index (χ2v) is 11.8. The maximum absolute atomic E-state index is 14.0. The summed E-state index contributed by atoms with van der Waals surface area (Å²) in [6.45, 7) is 1.91. The van der Waals surface area contributed by atoms with Crippen LogP contribution in [0.2, 0.25) is 0 Å². The molecule has 0 aliphatic heterocycles. The smallest absolute Gasteiger partial charge is 0.346 e. The SMILES string of the molecule is Cc1cc(-c2cc(CNC(=O)c3cc(C(F)(F)F)nn3C)n(C)n2)c(F)cn1.Cn1nc(-c2ccnc(C(F)(F)F)c2)cc1CNC(=O)c1ccccc1. The van der Waals surface area contributed by atoms with Crippen molar-refractivity contribution in [3.63, 3.8) is 0 Å². The van der Waals surface area contributed by atoms with Gasteiger partial charge in [0.1, 0.15) is 11.4 Å². The minimum absolute atomic E-state index is 0.0133. The van der Waals surface area contributed by atoms with E-state index >= 15 is 0 Å². The van der Waals surface area contributed by atoms with Gasteiger partial charge in [0.2, 0.25) is 0 Å². The molecule has 0 radical (unpaired) electrons. The number of rotatable bonds is 8. The number of nitrogens with zero attached hydrogens (tertiary/aromatic N) is 8. The summed E-state index contributed by atoms with van der Waals surface area (Å²) in [5.41, 5.74) is 1.30. The molecule has 0 saturated heterocycles. The number of benzene rings is 1. The van der Waals surface area contributed by atoms with Gasteiger partial charge < -0.3 is 10.6 Å². The van der Waals surface area contributed by atoms with Crippen molar-refractivity contribution in [1.82, 2.24) is 49.9 Å². The Morgan fingerprint density at radius 1 is 0.685 bits per heavy atom. The lowest BCUT2D eigenvalue weighted by molar-refractivity contribution is -0.142. The van der Waals surface area contributed by atoms with E-state index in [4.69, 9.17) is 0 Å². The number of alkyl halides is 6.